The average molecular weight is 124 g/mol. The van der Waals surface area contributed by atoms with Crippen molar-refractivity contribution in [2.24, 2.45) is 0 Å². The van der Waals surface area contributed by atoms with Crippen LogP contribution in [0.4, 0.5) is 0 Å². The molecule has 0 saturated heterocycles. The predicted octanol–water partition coefficient (Wildman–Crippen LogP) is 1.81. The van der Waals surface area contributed by atoms with Crippen LogP contribution in [0.5, 0.6) is 0 Å². The van der Waals surface area contributed by atoms with Gasteiger partial charge in [0, 0.05) is 12.4 Å². The molecule has 0 atom stereocenters. The van der Waals surface area contributed by atoms with Crippen LogP contribution >= 0.6 is 0 Å². The van der Waals surface area contributed by atoms with E-state index in [2.05, 4.69) is 18.0 Å². The fourth-order valence-corrected chi connectivity index (χ4v) is 0.607. The molecule has 0 fully saturated rings. The van der Waals surface area contributed by atoms with Crippen molar-refractivity contribution in [1.82, 2.24) is 11.1 Å². The first-order valence-corrected chi connectivity index (χ1v) is 2.82. The lowest BCUT2D eigenvalue weighted by Gasteiger charge is -1.88. The van der Waals surface area contributed by atoms with Crippen molar-refractivity contribution >= 4 is 0 Å². The summed E-state index contributed by atoms with van der Waals surface area (Å²) in [6.07, 6.45) is 4.76. The quantitative estimate of drug-likeness (QED) is 0.620. The number of pyridine rings is 1. The molecule has 2 nitrogen and oxygen atoms in total. The van der Waals surface area contributed by atoms with Crippen LogP contribution in [0.2, 0.25) is 0 Å². The Bertz CT molecular complexity index is 148. The molecule has 1 heterocycles. The second-order valence-electron chi connectivity index (χ2n) is 1.71. The van der Waals surface area contributed by atoms with Gasteiger partial charge in [-0.3, -0.25) is 4.98 Å². The summed E-state index contributed by atoms with van der Waals surface area (Å²) in [4.78, 5) is 3.96. The van der Waals surface area contributed by atoms with E-state index in [0.29, 0.717) is 0 Å². The van der Waals surface area contributed by atoms with Crippen molar-refractivity contribution in [3.63, 3.8) is 0 Å². The van der Waals surface area contributed by atoms with Gasteiger partial charge in [-0.2, -0.15) is 0 Å². The van der Waals surface area contributed by atoms with E-state index < -0.39 is 0 Å². The number of aromatic nitrogens is 1. The Labute approximate surface area is 55.5 Å². The van der Waals surface area contributed by atoms with Gasteiger partial charge in [0.15, 0.2) is 0 Å². The first-order chi connectivity index (χ1) is 3.93. The van der Waals surface area contributed by atoms with E-state index in [1.165, 1.54) is 5.56 Å². The van der Waals surface area contributed by atoms with Gasteiger partial charge in [0.05, 0.1) is 0 Å². The zero-order valence-corrected chi connectivity index (χ0v) is 5.67. The molecule has 1 aromatic rings. The number of nitrogens with zero attached hydrogens (tertiary/aromatic N) is 1. The molecular formula is C7H12N2. The van der Waals surface area contributed by atoms with Gasteiger partial charge in [-0.15, -0.1) is 0 Å². The molecule has 1 rings (SSSR count). The Kier molecular flexibility index (Phi) is 3.64. The van der Waals surface area contributed by atoms with Crippen molar-refractivity contribution < 1.29 is 0 Å². The summed E-state index contributed by atoms with van der Waals surface area (Å²) in [6.45, 7) is 2.12. The first kappa shape index (κ1) is 8.11. The Morgan fingerprint density at radius 3 is 2.67 bits per heavy atom. The molecular weight excluding hydrogens is 112 g/mol. The molecule has 0 amide bonds. The van der Waals surface area contributed by atoms with Crippen molar-refractivity contribution in [3.8, 4) is 0 Å². The highest BCUT2D eigenvalue weighted by atomic mass is 14.6. The van der Waals surface area contributed by atoms with Crippen LogP contribution in [0.1, 0.15) is 12.5 Å². The minimum absolute atomic E-state index is 0. The molecule has 0 aliphatic heterocycles. The summed E-state index contributed by atoms with van der Waals surface area (Å²) in [5.74, 6) is 0. The minimum Gasteiger partial charge on any atom is -0.344 e. The summed E-state index contributed by atoms with van der Waals surface area (Å²) in [5.41, 5.74) is 1.30. The third kappa shape index (κ3) is 2.24. The lowest BCUT2D eigenvalue weighted by Crippen LogP contribution is -1.77. The topological polar surface area (TPSA) is 47.9 Å². The monoisotopic (exact) mass is 124 g/mol. The number of hydrogen-bond donors (Lipinski definition) is 1. The number of rotatable bonds is 1. The zero-order valence-electron chi connectivity index (χ0n) is 5.67. The highest BCUT2D eigenvalue weighted by Crippen LogP contribution is 1.93. The maximum atomic E-state index is 3.96. The van der Waals surface area contributed by atoms with Crippen LogP contribution in [0.3, 0.4) is 0 Å². The van der Waals surface area contributed by atoms with Crippen molar-refractivity contribution in [1.29, 1.82) is 0 Å². The molecule has 50 valence electrons. The standard InChI is InChI=1S/C7H9N.H3N/c1-2-7-4-3-5-8-6-7;/h3-6H,2H2,1H3;1H3. The van der Waals surface area contributed by atoms with Crippen LogP contribution in [-0.2, 0) is 6.42 Å². The Morgan fingerprint density at radius 2 is 2.33 bits per heavy atom. The Hall–Kier alpha value is -0.890. The largest absolute Gasteiger partial charge is 0.344 e. The fourth-order valence-electron chi connectivity index (χ4n) is 0.607. The van der Waals surface area contributed by atoms with E-state index in [4.69, 9.17) is 0 Å². The van der Waals surface area contributed by atoms with E-state index >= 15 is 0 Å². The van der Waals surface area contributed by atoms with Crippen LogP contribution in [0, 0.1) is 0 Å². The SMILES string of the molecule is CCc1cccnc1.N. The van der Waals surface area contributed by atoms with Gasteiger partial charge in [-0.25, -0.2) is 0 Å². The second-order valence-corrected chi connectivity index (χ2v) is 1.71. The summed E-state index contributed by atoms with van der Waals surface area (Å²) in [6, 6.07) is 4.03. The lowest BCUT2D eigenvalue weighted by atomic mass is 10.2. The number of hydrogen-bond acceptors (Lipinski definition) is 2. The van der Waals surface area contributed by atoms with E-state index in [-0.39, 0.29) is 6.15 Å². The summed E-state index contributed by atoms with van der Waals surface area (Å²) < 4.78 is 0. The van der Waals surface area contributed by atoms with Gasteiger partial charge in [0.2, 0.25) is 0 Å². The predicted molar refractivity (Wildman–Crippen MR) is 38.6 cm³/mol. The van der Waals surface area contributed by atoms with Gasteiger partial charge in [-0.1, -0.05) is 13.0 Å². The van der Waals surface area contributed by atoms with E-state index in [1.54, 1.807) is 6.20 Å². The van der Waals surface area contributed by atoms with Gasteiger partial charge < -0.3 is 6.15 Å². The normalized spacial score (nSPS) is 8.11. The molecule has 0 saturated carbocycles. The average Bonchev–Trinajstić information content (AvgIpc) is 1.90. The molecule has 2 heteroatoms. The van der Waals surface area contributed by atoms with Gasteiger partial charge in [0.1, 0.15) is 0 Å². The zero-order chi connectivity index (χ0) is 5.82. The summed E-state index contributed by atoms with van der Waals surface area (Å²) >= 11 is 0. The van der Waals surface area contributed by atoms with E-state index in [1.807, 2.05) is 12.3 Å². The smallest absolute Gasteiger partial charge is 0.0299 e. The van der Waals surface area contributed by atoms with Crippen LogP contribution < -0.4 is 6.15 Å². The van der Waals surface area contributed by atoms with Gasteiger partial charge in [0.25, 0.3) is 0 Å². The lowest BCUT2D eigenvalue weighted by molar-refractivity contribution is 1.10. The van der Waals surface area contributed by atoms with Crippen LogP contribution in [0.25, 0.3) is 0 Å². The molecule has 0 unspecified atom stereocenters. The Balaban J connectivity index is 0.000000640. The summed E-state index contributed by atoms with van der Waals surface area (Å²) in [7, 11) is 0. The van der Waals surface area contributed by atoms with Gasteiger partial charge in [-0.05, 0) is 18.1 Å². The number of aryl methyl sites for hydroxylation is 1. The third-order valence-corrected chi connectivity index (χ3v) is 1.13. The van der Waals surface area contributed by atoms with Crippen molar-refractivity contribution in [2.75, 3.05) is 0 Å². The first-order valence-electron chi connectivity index (χ1n) is 2.82. The highest BCUT2D eigenvalue weighted by molar-refractivity contribution is 5.07. The molecule has 0 bridgehead atoms. The molecule has 0 spiro atoms. The van der Waals surface area contributed by atoms with Gasteiger partial charge >= 0.3 is 0 Å². The molecule has 9 heavy (non-hydrogen) atoms. The highest BCUT2D eigenvalue weighted by Gasteiger charge is 1.81. The molecule has 0 aromatic carbocycles. The maximum Gasteiger partial charge on any atom is 0.0299 e. The fraction of sp³-hybridized carbons (Fsp3) is 0.286. The minimum atomic E-state index is 0. The van der Waals surface area contributed by atoms with Crippen molar-refractivity contribution in [2.45, 2.75) is 13.3 Å². The third-order valence-electron chi connectivity index (χ3n) is 1.13. The Morgan fingerprint density at radius 1 is 1.56 bits per heavy atom. The van der Waals surface area contributed by atoms with Crippen molar-refractivity contribution in [3.05, 3.63) is 30.1 Å². The molecule has 0 aliphatic carbocycles. The molecule has 1 aromatic heterocycles. The second kappa shape index (κ2) is 4.04. The van der Waals surface area contributed by atoms with Crippen LogP contribution in [0.15, 0.2) is 24.5 Å². The molecule has 0 aliphatic rings. The summed E-state index contributed by atoms with van der Waals surface area (Å²) in [5, 5.41) is 0. The molecule has 0 radical (unpaired) electrons. The van der Waals surface area contributed by atoms with E-state index in [9.17, 15) is 0 Å². The van der Waals surface area contributed by atoms with Crippen LogP contribution in [-0.4, -0.2) is 4.98 Å². The molecule has 3 N–H and O–H groups in total. The van der Waals surface area contributed by atoms with E-state index in [0.717, 1.165) is 6.42 Å². The maximum absolute atomic E-state index is 3.96.